The maximum atomic E-state index is 13.3. The van der Waals surface area contributed by atoms with Crippen LogP contribution in [0.1, 0.15) is 16.1 Å². The van der Waals surface area contributed by atoms with Crippen molar-refractivity contribution in [3.05, 3.63) is 35.9 Å². The number of aromatic carboxylic acids is 1. The molecule has 1 saturated carbocycles. The molecule has 2 aromatic rings. The van der Waals surface area contributed by atoms with Crippen LogP contribution in [0.4, 0.5) is 14.6 Å². The minimum absolute atomic E-state index is 0.0410. The van der Waals surface area contributed by atoms with Gasteiger partial charge in [-0.1, -0.05) is 0 Å². The first kappa shape index (κ1) is 15.8. The number of carboxylic acid groups (broad SMARTS) is 1. The number of ether oxygens (including phenoxy) is 1. The number of rotatable bonds is 5. The fourth-order valence-electron chi connectivity index (χ4n) is 3.38. The monoisotopic (exact) mass is 350 g/mol. The molecule has 3 heterocycles. The molecule has 0 bridgehead atoms. The van der Waals surface area contributed by atoms with Gasteiger partial charge < -0.3 is 19.3 Å². The predicted molar refractivity (Wildman–Crippen MR) is 83.2 cm³/mol. The summed E-state index contributed by atoms with van der Waals surface area (Å²) in [6, 6.07) is 3.58. The fraction of sp³-hybridized carbons (Fsp3) is 0.438. The molecule has 7 nitrogen and oxygen atoms in total. The maximum absolute atomic E-state index is 13.3. The SMILES string of the molecule is COc1nc(N2CC3C(C2)C3(F)F)ccc1Cn1cnc(C(=O)O)c1. The third kappa shape index (κ3) is 2.59. The smallest absolute Gasteiger partial charge is 0.356 e. The molecule has 0 radical (unpaired) electrons. The van der Waals surface area contributed by atoms with Gasteiger partial charge in [-0.05, 0) is 12.1 Å². The minimum atomic E-state index is -2.52. The lowest BCUT2D eigenvalue weighted by molar-refractivity contribution is 0.0690. The van der Waals surface area contributed by atoms with E-state index in [9.17, 15) is 13.6 Å². The normalized spacial score (nSPS) is 23.4. The number of alkyl halides is 2. The van der Waals surface area contributed by atoms with Crippen molar-refractivity contribution in [2.45, 2.75) is 12.5 Å². The van der Waals surface area contributed by atoms with E-state index >= 15 is 0 Å². The molecule has 1 aliphatic heterocycles. The highest BCUT2D eigenvalue weighted by Gasteiger charge is 2.71. The van der Waals surface area contributed by atoms with Crippen LogP contribution in [0.5, 0.6) is 5.88 Å². The summed E-state index contributed by atoms with van der Waals surface area (Å²) >= 11 is 0. The van der Waals surface area contributed by atoms with Crippen LogP contribution in [-0.2, 0) is 6.54 Å². The van der Waals surface area contributed by atoms with Crippen molar-refractivity contribution in [1.82, 2.24) is 14.5 Å². The molecule has 25 heavy (non-hydrogen) atoms. The summed E-state index contributed by atoms with van der Waals surface area (Å²) in [5, 5.41) is 8.91. The van der Waals surface area contributed by atoms with Gasteiger partial charge in [0, 0.05) is 24.8 Å². The van der Waals surface area contributed by atoms with Crippen molar-refractivity contribution in [3.8, 4) is 5.88 Å². The van der Waals surface area contributed by atoms with E-state index in [1.807, 2.05) is 11.0 Å². The zero-order valence-corrected chi connectivity index (χ0v) is 13.4. The second-order valence-corrected chi connectivity index (χ2v) is 6.37. The summed E-state index contributed by atoms with van der Waals surface area (Å²) < 4.78 is 33.6. The van der Waals surface area contributed by atoms with E-state index in [1.165, 1.54) is 19.6 Å². The van der Waals surface area contributed by atoms with Gasteiger partial charge >= 0.3 is 5.97 Å². The third-order valence-electron chi connectivity index (χ3n) is 4.85. The number of hydrogen-bond acceptors (Lipinski definition) is 5. The number of carbonyl (C=O) groups is 1. The van der Waals surface area contributed by atoms with Gasteiger partial charge in [-0.3, -0.25) is 0 Å². The Morgan fingerprint density at radius 1 is 1.40 bits per heavy atom. The van der Waals surface area contributed by atoms with Crippen molar-refractivity contribution in [2.24, 2.45) is 11.8 Å². The first-order chi connectivity index (χ1) is 11.9. The molecular weight excluding hydrogens is 334 g/mol. The van der Waals surface area contributed by atoms with Crippen molar-refractivity contribution in [3.63, 3.8) is 0 Å². The zero-order valence-electron chi connectivity index (χ0n) is 13.4. The average molecular weight is 350 g/mol. The van der Waals surface area contributed by atoms with Crippen molar-refractivity contribution in [2.75, 3.05) is 25.1 Å². The number of piperidine rings is 1. The van der Waals surface area contributed by atoms with Crippen LogP contribution in [0.15, 0.2) is 24.7 Å². The van der Waals surface area contributed by atoms with E-state index in [4.69, 9.17) is 9.84 Å². The summed E-state index contributed by atoms with van der Waals surface area (Å²) in [6.07, 6.45) is 2.85. The predicted octanol–water partition coefficient (Wildman–Crippen LogP) is 1.73. The van der Waals surface area contributed by atoms with Gasteiger partial charge in [0.2, 0.25) is 5.88 Å². The molecule has 2 fully saturated rings. The van der Waals surface area contributed by atoms with E-state index in [-0.39, 0.29) is 5.69 Å². The van der Waals surface area contributed by atoms with Gasteiger partial charge in [-0.15, -0.1) is 0 Å². The number of hydrogen-bond donors (Lipinski definition) is 1. The molecular formula is C16H16F2N4O3. The second-order valence-electron chi connectivity index (χ2n) is 6.37. The fourth-order valence-corrected chi connectivity index (χ4v) is 3.38. The average Bonchev–Trinajstić information content (AvgIpc) is 3.05. The molecule has 0 amide bonds. The number of carboxylic acids is 1. The van der Waals surface area contributed by atoms with E-state index in [2.05, 4.69) is 9.97 Å². The molecule has 2 unspecified atom stereocenters. The van der Waals surface area contributed by atoms with E-state index in [0.717, 1.165) is 5.56 Å². The highest BCUT2D eigenvalue weighted by Crippen LogP contribution is 2.59. The molecule has 2 aromatic heterocycles. The number of imidazole rings is 1. The lowest BCUT2D eigenvalue weighted by Crippen LogP contribution is -2.28. The summed E-state index contributed by atoms with van der Waals surface area (Å²) in [5.74, 6) is -3.76. The molecule has 1 N–H and O–H groups in total. The van der Waals surface area contributed by atoms with Crippen LogP contribution < -0.4 is 9.64 Å². The van der Waals surface area contributed by atoms with Crippen LogP contribution in [0.2, 0.25) is 0 Å². The Morgan fingerprint density at radius 2 is 2.12 bits per heavy atom. The van der Waals surface area contributed by atoms with Crippen LogP contribution in [0.25, 0.3) is 0 Å². The van der Waals surface area contributed by atoms with Gasteiger partial charge in [0.05, 0.1) is 31.8 Å². The summed E-state index contributed by atoms with van der Waals surface area (Å²) in [7, 11) is 1.49. The largest absolute Gasteiger partial charge is 0.481 e. The quantitative estimate of drug-likeness (QED) is 0.885. The van der Waals surface area contributed by atoms with Gasteiger partial charge in [0.1, 0.15) is 5.82 Å². The van der Waals surface area contributed by atoms with Crippen molar-refractivity contribution >= 4 is 11.8 Å². The molecule has 2 atom stereocenters. The standard InChI is InChI=1S/C16H16F2N4O3/c1-25-14-9(4-21-7-12(15(23)24)19-8-21)2-3-13(20-14)22-5-10-11(6-22)16(10,17)18/h2-3,7-8,10-11H,4-6H2,1H3,(H,23,24). The molecule has 0 spiro atoms. The lowest BCUT2D eigenvalue weighted by atomic mass is 10.2. The maximum Gasteiger partial charge on any atom is 0.356 e. The zero-order chi connectivity index (χ0) is 17.8. The van der Waals surface area contributed by atoms with Crippen LogP contribution >= 0.6 is 0 Å². The van der Waals surface area contributed by atoms with E-state index in [0.29, 0.717) is 31.3 Å². The molecule has 2 aliphatic rings. The Labute approximate surface area is 141 Å². The molecule has 9 heteroatoms. The van der Waals surface area contributed by atoms with Gasteiger partial charge in [-0.25, -0.2) is 18.6 Å². The number of methoxy groups -OCH3 is 1. The Bertz CT molecular complexity index is 825. The first-order valence-corrected chi connectivity index (χ1v) is 7.82. The van der Waals surface area contributed by atoms with Gasteiger partial charge in [-0.2, -0.15) is 4.98 Å². The first-order valence-electron chi connectivity index (χ1n) is 7.82. The number of anilines is 1. The van der Waals surface area contributed by atoms with Crippen LogP contribution in [0, 0.1) is 11.8 Å². The van der Waals surface area contributed by atoms with Crippen LogP contribution in [-0.4, -0.2) is 51.7 Å². The molecule has 132 valence electrons. The number of pyridine rings is 1. The second kappa shape index (κ2) is 5.40. The number of fused-ring (bicyclic) bond motifs is 1. The van der Waals surface area contributed by atoms with E-state index < -0.39 is 23.7 Å². The Hall–Kier alpha value is -2.71. The van der Waals surface area contributed by atoms with Gasteiger partial charge in [0.15, 0.2) is 5.69 Å². The third-order valence-corrected chi connectivity index (χ3v) is 4.85. The topological polar surface area (TPSA) is 80.5 Å². The highest BCUT2D eigenvalue weighted by atomic mass is 19.3. The van der Waals surface area contributed by atoms with Gasteiger partial charge in [0.25, 0.3) is 5.92 Å². The molecule has 1 saturated heterocycles. The highest BCUT2D eigenvalue weighted by molar-refractivity contribution is 5.84. The van der Waals surface area contributed by atoms with Crippen molar-refractivity contribution < 1.29 is 23.4 Å². The summed E-state index contributed by atoms with van der Waals surface area (Å²) in [5.41, 5.74) is 0.705. The van der Waals surface area contributed by atoms with E-state index in [1.54, 1.807) is 10.6 Å². The van der Waals surface area contributed by atoms with Crippen molar-refractivity contribution in [1.29, 1.82) is 0 Å². The van der Waals surface area contributed by atoms with Crippen LogP contribution in [0.3, 0.4) is 0 Å². The Balaban J connectivity index is 1.51. The lowest BCUT2D eigenvalue weighted by Gasteiger charge is -2.22. The summed E-state index contributed by atoms with van der Waals surface area (Å²) in [4.78, 5) is 21.0. The Kier molecular flexibility index (Phi) is 3.41. The number of halogens is 2. The summed E-state index contributed by atoms with van der Waals surface area (Å²) in [6.45, 7) is 0.952. The Morgan fingerprint density at radius 3 is 2.72 bits per heavy atom. The molecule has 4 rings (SSSR count). The molecule has 0 aromatic carbocycles. The number of nitrogens with zero attached hydrogens (tertiary/aromatic N) is 4. The molecule has 1 aliphatic carbocycles. The minimum Gasteiger partial charge on any atom is -0.481 e. The number of aromatic nitrogens is 3.